The van der Waals surface area contributed by atoms with E-state index in [1.807, 2.05) is 6.07 Å². The molecule has 1 rings (SSSR count). The first-order valence-corrected chi connectivity index (χ1v) is 6.26. The van der Waals surface area contributed by atoms with Gasteiger partial charge in [-0.15, -0.1) is 0 Å². The number of hydrogen-bond acceptors (Lipinski definition) is 4. The standard InChI is InChI=1S/C13H20N4O2/c1-10(18)16-8-4-6-15-9-11(13(14)19)12-5-2-3-7-17-12/h2-3,5,7,11,15H,4,6,8-9H2,1H3,(H2,14,19)(H,16,18). The molecule has 0 radical (unpaired) electrons. The molecule has 6 heteroatoms. The molecule has 1 aromatic rings. The average Bonchev–Trinajstić information content (AvgIpc) is 2.38. The Balaban J connectivity index is 2.32. The summed E-state index contributed by atoms with van der Waals surface area (Å²) in [6.07, 6.45) is 2.44. The molecular formula is C13H20N4O2. The number of carbonyl (C=O) groups is 2. The number of nitrogens with zero attached hydrogens (tertiary/aromatic N) is 1. The first-order valence-electron chi connectivity index (χ1n) is 6.26. The predicted molar refractivity (Wildman–Crippen MR) is 72.3 cm³/mol. The third kappa shape index (κ3) is 5.96. The molecule has 0 fully saturated rings. The number of rotatable bonds is 8. The third-order valence-corrected chi connectivity index (χ3v) is 2.64. The number of nitrogens with two attached hydrogens (primary N) is 1. The van der Waals surface area contributed by atoms with Crippen LogP contribution in [0.1, 0.15) is 25.0 Å². The predicted octanol–water partition coefficient (Wildman–Crippen LogP) is -0.234. The van der Waals surface area contributed by atoms with Crippen LogP contribution in [0.5, 0.6) is 0 Å². The van der Waals surface area contributed by atoms with Crippen molar-refractivity contribution in [1.29, 1.82) is 0 Å². The van der Waals surface area contributed by atoms with Gasteiger partial charge in [0, 0.05) is 26.2 Å². The topological polar surface area (TPSA) is 97.1 Å². The Labute approximate surface area is 112 Å². The Hall–Kier alpha value is -1.95. The highest BCUT2D eigenvalue weighted by Crippen LogP contribution is 2.10. The number of amides is 2. The molecule has 19 heavy (non-hydrogen) atoms. The monoisotopic (exact) mass is 264 g/mol. The second-order valence-electron chi connectivity index (χ2n) is 4.25. The van der Waals surface area contributed by atoms with Crippen LogP contribution in [0.2, 0.25) is 0 Å². The lowest BCUT2D eigenvalue weighted by Gasteiger charge is -2.13. The Morgan fingerprint density at radius 3 is 2.74 bits per heavy atom. The molecule has 2 amide bonds. The number of carbonyl (C=O) groups excluding carboxylic acids is 2. The van der Waals surface area contributed by atoms with Crippen molar-refractivity contribution < 1.29 is 9.59 Å². The summed E-state index contributed by atoms with van der Waals surface area (Å²) < 4.78 is 0. The number of pyridine rings is 1. The summed E-state index contributed by atoms with van der Waals surface area (Å²) in [6.45, 7) is 3.26. The first kappa shape index (κ1) is 15.1. The highest BCUT2D eigenvalue weighted by Gasteiger charge is 2.18. The third-order valence-electron chi connectivity index (χ3n) is 2.64. The minimum Gasteiger partial charge on any atom is -0.369 e. The molecule has 1 atom stereocenters. The van der Waals surface area contributed by atoms with Crippen molar-refractivity contribution in [3.8, 4) is 0 Å². The van der Waals surface area contributed by atoms with Crippen LogP contribution >= 0.6 is 0 Å². The van der Waals surface area contributed by atoms with E-state index in [1.165, 1.54) is 6.92 Å². The molecule has 0 aliphatic carbocycles. The van der Waals surface area contributed by atoms with Crippen LogP contribution in [0.3, 0.4) is 0 Å². The Kier molecular flexibility index (Phi) is 6.52. The van der Waals surface area contributed by atoms with Crippen LogP contribution in [0, 0.1) is 0 Å². The molecule has 0 aromatic carbocycles. The van der Waals surface area contributed by atoms with Gasteiger partial charge >= 0.3 is 0 Å². The van der Waals surface area contributed by atoms with Gasteiger partial charge in [0.2, 0.25) is 11.8 Å². The molecule has 0 spiro atoms. The molecule has 104 valence electrons. The van der Waals surface area contributed by atoms with Crippen LogP contribution in [-0.2, 0) is 9.59 Å². The van der Waals surface area contributed by atoms with Crippen molar-refractivity contribution in [3.63, 3.8) is 0 Å². The van der Waals surface area contributed by atoms with Crippen molar-refractivity contribution >= 4 is 11.8 Å². The second kappa shape index (κ2) is 8.20. The zero-order valence-electron chi connectivity index (χ0n) is 11.1. The van der Waals surface area contributed by atoms with Crippen LogP contribution in [0.15, 0.2) is 24.4 Å². The summed E-state index contributed by atoms with van der Waals surface area (Å²) in [6, 6.07) is 5.41. The van der Waals surface area contributed by atoms with Crippen molar-refractivity contribution in [2.45, 2.75) is 19.3 Å². The van der Waals surface area contributed by atoms with Gasteiger partial charge in [-0.1, -0.05) is 6.07 Å². The Morgan fingerprint density at radius 2 is 2.16 bits per heavy atom. The van der Waals surface area contributed by atoms with Gasteiger partial charge in [-0.3, -0.25) is 14.6 Å². The normalized spacial score (nSPS) is 11.8. The van der Waals surface area contributed by atoms with E-state index >= 15 is 0 Å². The Bertz CT molecular complexity index is 408. The molecule has 0 aliphatic rings. The highest BCUT2D eigenvalue weighted by atomic mass is 16.1. The first-order chi connectivity index (χ1) is 9.11. The summed E-state index contributed by atoms with van der Waals surface area (Å²) in [7, 11) is 0. The summed E-state index contributed by atoms with van der Waals surface area (Å²) >= 11 is 0. The fourth-order valence-corrected chi connectivity index (χ4v) is 1.66. The van der Waals surface area contributed by atoms with Gasteiger partial charge in [0.1, 0.15) is 0 Å². The average molecular weight is 264 g/mol. The van der Waals surface area contributed by atoms with E-state index in [4.69, 9.17) is 5.73 Å². The zero-order chi connectivity index (χ0) is 14.1. The zero-order valence-corrected chi connectivity index (χ0v) is 11.1. The molecule has 0 saturated heterocycles. The van der Waals surface area contributed by atoms with Crippen molar-refractivity contribution in [1.82, 2.24) is 15.6 Å². The fraction of sp³-hybridized carbons (Fsp3) is 0.462. The number of nitrogens with one attached hydrogen (secondary N) is 2. The molecule has 1 heterocycles. The van der Waals surface area contributed by atoms with Gasteiger partial charge in [-0.05, 0) is 25.1 Å². The van der Waals surface area contributed by atoms with Crippen LogP contribution < -0.4 is 16.4 Å². The molecule has 0 saturated carbocycles. The van der Waals surface area contributed by atoms with Gasteiger partial charge in [-0.25, -0.2) is 0 Å². The van der Waals surface area contributed by atoms with Crippen LogP contribution in [0.25, 0.3) is 0 Å². The van der Waals surface area contributed by atoms with Crippen molar-refractivity contribution in [3.05, 3.63) is 30.1 Å². The molecule has 1 aromatic heterocycles. The van der Waals surface area contributed by atoms with Crippen LogP contribution in [-0.4, -0.2) is 36.4 Å². The van der Waals surface area contributed by atoms with Gasteiger partial charge in [0.25, 0.3) is 0 Å². The maximum absolute atomic E-state index is 11.4. The van der Waals surface area contributed by atoms with Gasteiger partial charge in [0.05, 0.1) is 11.6 Å². The van der Waals surface area contributed by atoms with E-state index < -0.39 is 11.8 Å². The number of aromatic nitrogens is 1. The number of hydrogen-bond donors (Lipinski definition) is 3. The molecule has 1 unspecified atom stereocenters. The minimum absolute atomic E-state index is 0.0384. The maximum atomic E-state index is 11.4. The second-order valence-corrected chi connectivity index (χ2v) is 4.25. The van der Waals surface area contributed by atoms with E-state index in [0.717, 1.165) is 6.42 Å². The molecule has 0 bridgehead atoms. The summed E-state index contributed by atoms with van der Waals surface area (Å²) in [5.41, 5.74) is 6.04. The quantitative estimate of drug-likeness (QED) is 0.565. The largest absolute Gasteiger partial charge is 0.369 e. The van der Waals surface area contributed by atoms with E-state index in [0.29, 0.717) is 25.3 Å². The SMILES string of the molecule is CC(=O)NCCCNCC(C(N)=O)c1ccccn1. The van der Waals surface area contributed by atoms with Gasteiger partial charge in [-0.2, -0.15) is 0 Å². The van der Waals surface area contributed by atoms with E-state index in [1.54, 1.807) is 18.3 Å². The fourth-order valence-electron chi connectivity index (χ4n) is 1.66. The Morgan fingerprint density at radius 1 is 1.37 bits per heavy atom. The maximum Gasteiger partial charge on any atom is 0.227 e. The lowest BCUT2D eigenvalue weighted by molar-refractivity contribution is -0.120. The summed E-state index contributed by atoms with van der Waals surface area (Å²) in [5.74, 6) is -0.862. The van der Waals surface area contributed by atoms with Crippen molar-refractivity contribution in [2.24, 2.45) is 5.73 Å². The smallest absolute Gasteiger partial charge is 0.227 e. The van der Waals surface area contributed by atoms with Gasteiger partial charge < -0.3 is 16.4 Å². The molecular weight excluding hydrogens is 244 g/mol. The van der Waals surface area contributed by atoms with Crippen LogP contribution in [0.4, 0.5) is 0 Å². The highest BCUT2D eigenvalue weighted by molar-refractivity contribution is 5.81. The lowest BCUT2D eigenvalue weighted by Crippen LogP contribution is -2.33. The van der Waals surface area contributed by atoms with E-state index in [9.17, 15) is 9.59 Å². The lowest BCUT2D eigenvalue weighted by atomic mass is 10.0. The van der Waals surface area contributed by atoms with Crippen molar-refractivity contribution in [2.75, 3.05) is 19.6 Å². The number of primary amides is 1. The minimum atomic E-state index is -0.429. The van der Waals surface area contributed by atoms with Gasteiger partial charge in [0.15, 0.2) is 0 Å². The van der Waals surface area contributed by atoms with E-state index in [2.05, 4.69) is 15.6 Å². The molecule has 0 aliphatic heterocycles. The molecule has 4 N–H and O–H groups in total. The summed E-state index contributed by atoms with van der Waals surface area (Å²) in [4.78, 5) is 26.2. The summed E-state index contributed by atoms with van der Waals surface area (Å²) in [5, 5.41) is 5.85. The molecule has 6 nitrogen and oxygen atoms in total. The van der Waals surface area contributed by atoms with E-state index in [-0.39, 0.29) is 5.91 Å².